The molecule has 2 aromatic rings. The topological polar surface area (TPSA) is 95.9 Å². The number of ether oxygens (including phenoxy) is 1. The van der Waals surface area contributed by atoms with E-state index in [4.69, 9.17) is 9.84 Å². The molecule has 0 aliphatic carbocycles. The SMILES string of the molecule is CCOC(=O)C1=C(C)N(c2ccc(C(=O)O)cc2)C(=O)NC1c1ccc(F)cc1. The number of anilines is 1. The molecule has 1 atom stereocenters. The predicted octanol–water partition coefficient (Wildman–Crippen LogP) is 3.63. The zero-order valence-corrected chi connectivity index (χ0v) is 15.8. The summed E-state index contributed by atoms with van der Waals surface area (Å²) in [7, 11) is 0. The molecule has 0 aromatic heterocycles. The number of carbonyl (C=O) groups is 3. The number of aromatic carboxylic acids is 1. The van der Waals surface area contributed by atoms with Crippen LogP contribution in [-0.2, 0) is 9.53 Å². The second-order valence-corrected chi connectivity index (χ2v) is 6.34. The van der Waals surface area contributed by atoms with Crippen molar-refractivity contribution in [2.75, 3.05) is 11.5 Å². The molecule has 2 N–H and O–H groups in total. The van der Waals surface area contributed by atoms with Crippen LogP contribution in [0.1, 0.15) is 35.8 Å². The van der Waals surface area contributed by atoms with Gasteiger partial charge in [-0.25, -0.2) is 18.8 Å². The third-order valence-corrected chi connectivity index (χ3v) is 4.56. The second kappa shape index (κ2) is 8.14. The highest BCUT2D eigenvalue weighted by atomic mass is 19.1. The van der Waals surface area contributed by atoms with Crippen LogP contribution in [0, 0.1) is 5.82 Å². The Balaban J connectivity index is 2.09. The van der Waals surface area contributed by atoms with Crippen molar-refractivity contribution in [2.24, 2.45) is 0 Å². The molecule has 8 heteroatoms. The number of allylic oxidation sites excluding steroid dienone is 1. The Bertz CT molecular complexity index is 983. The highest BCUT2D eigenvalue weighted by Gasteiger charge is 2.37. The molecule has 29 heavy (non-hydrogen) atoms. The third kappa shape index (κ3) is 3.96. The summed E-state index contributed by atoms with van der Waals surface area (Å²) in [6, 6.07) is 9.86. The molecule has 0 saturated heterocycles. The van der Waals surface area contributed by atoms with E-state index in [2.05, 4.69) is 5.32 Å². The molecule has 2 amide bonds. The Kier molecular flexibility index (Phi) is 5.63. The number of hydrogen-bond donors (Lipinski definition) is 2. The van der Waals surface area contributed by atoms with Gasteiger partial charge in [-0.05, 0) is 55.8 Å². The molecule has 0 fully saturated rings. The van der Waals surface area contributed by atoms with E-state index < -0.39 is 29.8 Å². The van der Waals surface area contributed by atoms with Crippen LogP contribution in [0.4, 0.5) is 14.9 Å². The Morgan fingerprint density at radius 1 is 1.14 bits per heavy atom. The first-order valence-electron chi connectivity index (χ1n) is 8.90. The molecule has 3 rings (SSSR count). The Morgan fingerprint density at radius 2 is 1.76 bits per heavy atom. The molecule has 1 aliphatic rings. The number of esters is 1. The minimum absolute atomic E-state index is 0.0719. The summed E-state index contributed by atoms with van der Waals surface area (Å²) in [5.74, 6) is -2.13. The van der Waals surface area contributed by atoms with Crippen molar-refractivity contribution >= 4 is 23.7 Å². The predicted molar refractivity (Wildman–Crippen MR) is 103 cm³/mol. The molecule has 0 radical (unpaired) electrons. The lowest BCUT2D eigenvalue weighted by atomic mass is 9.94. The van der Waals surface area contributed by atoms with Crippen molar-refractivity contribution in [2.45, 2.75) is 19.9 Å². The monoisotopic (exact) mass is 398 g/mol. The first-order valence-corrected chi connectivity index (χ1v) is 8.90. The van der Waals surface area contributed by atoms with E-state index >= 15 is 0 Å². The maximum atomic E-state index is 13.3. The number of halogens is 1. The van der Waals surface area contributed by atoms with Crippen molar-refractivity contribution < 1.29 is 28.6 Å². The van der Waals surface area contributed by atoms with Gasteiger partial charge in [0.25, 0.3) is 0 Å². The number of benzene rings is 2. The van der Waals surface area contributed by atoms with Gasteiger partial charge in [0, 0.05) is 5.70 Å². The zero-order chi connectivity index (χ0) is 21.1. The fraction of sp³-hybridized carbons (Fsp3) is 0.190. The minimum atomic E-state index is -1.09. The van der Waals surface area contributed by atoms with Gasteiger partial charge in [-0.1, -0.05) is 12.1 Å². The number of nitrogens with one attached hydrogen (secondary N) is 1. The van der Waals surface area contributed by atoms with Crippen LogP contribution < -0.4 is 10.2 Å². The van der Waals surface area contributed by atoms with Gasteiger partial charge >= 0.3 is 18.0 Å². The number of carboxylic acids is 1. The number of amides is 2. The van der Waals surface area contributed by atoms with E-state index in [1.165, 1.54) is 53.4 Å². The zero-order valence-electron chi connectivity index (χ0n) is 15.8. The van der Waals surface area contributed by atoms with Gasteiger partial charge in [0.05, 0.1) is 29.5 Å². The van der Waals surface area contributed by atoms with E-state index in [-0.39, 0.29) is 17.7 Å². The molecule has 0 bridgehead atoms. The van der Waals surface area contributed by atoms with Crippen molar-refractivity contribution in [1.82, 2.24) is 5.32 Å². The minimum Gasteiger partial charge on any atom is -0.478 e. The molecule has 0 saturated carbocycles. The van der Waals surface area contributed by atoms with Crippen molar-refractivity contribution in [3.8, 4) is 0 Å². The lowest BCUT2D eigenvalue weighted by Crippen LogP contribution is -2.48. The Hall–Kier alpha value is -3.68. The van der Waals surface area contributed by atoms with E-state index in [1.807, 2.05) is 0 Å². The van der Waals surface area contributed by atoms with Crippen LogP contribution in [0.3, 0.4) is 0 Å². The van der Waals surface area contributed by atoms with Gasteiger partial charge in [-0.2, -0.15) is 0 Å². The third-order valence-electron chi connectivity index (χ3n) is 4.56. The lowest BCUT2D eigenvalue weighted by molar-refractivity contribution is -0.139. The number of rotatable bonds is 5. The van der Waals surface area contributed by atoms with Crippen molar-refractivity contribution in [3.05, 3.63) is 76.7 Å². The van der Waals surface area contributed by atoms with E-state index in [0.29, 0.717) is 16.9 Å². The summed E-state index contributed by atoms with van der Waals surface area (Å²) in [4.78, 5) is 37.9. The van der Waals surface area contributed by atoms with Crippen LogP contribution in [-0.4, -0.2) is 29.7 Å². The maximum absolute atomic E-state index is 13.3. The fourth-order valence-electron chi connectivity index (χ4n) is 3.19. The molecular formula is C21H19FN2O5. The lowest BCUT2D eigenvalue weighted by Gasteiger charge is -2.35. The fourth-order valence-corrected chi connectivity index (χ4v) is 3.19. The van der Waals surface area contributed by atoms with E-state index in [9.17, 15) is 18.8 Å². The first kappa shape index (κ1) is 20.1. The van der Waals surface area contributed by atoms with Gasteiger partial charge in [-0.15, -0.1) is 0 Å². The number of hydrogen-bond acceptors (Lipinski definition) is 4. The standard InChI is InChI=1S/C21H19FN2O5/c1-3-29-20(27)17-12(2)24(16-10-6-14(7-11-16)19(25)26)21(28)23-18(17)13-4-8-15(22)9-5-13/h4-11,18H,3H2,1-2H3,(H,23,28)(H,25,26). The normalized spacial score (nSPS) is 16.4. The average molecular weight is 398 g/mol. The van der Waals surface area contributed by atoms with E-state index in [0.717, 1.165) is 0 Å². The number of carboxylic acid groups (broad SMARTS) is 1. The summed E-state index contributed by atoms with van der Waals surface area (Å²) < 4.78 is 18.5. The van der Waals surface area contributed by atoms with Gasteiger partial charge in [0.1, 0.15) is 5.82 Å². The maximum Gasteiger partial charge on any atom is 0.338 e. The Labute approximate surface area is 166 Å². The number of urea groups is 1. The Morgan fingerprint density at radius 3 is 2.31 bits per heavy atom. The average Bonchev–Trinajstić information content (AvgIpc) is 2.68. The summed E-state index contributed by atoms with van der Waals surface area (Å²) in [5.41, 5.74) is 1.54. The number of nitrogens with zero attached hydrogens (tertiary/aromatic N) is 1. The van der Waals surface area contributed by atoms with Gasteiger partial charge in [0.15, 0.2) is 0 Å². The molecule has 2 aromatic carbocycles. The molecule has 1 aliphatic heterocycles. The smallest absolute Gasteiger partial charge is 0.338 e. The van der Waals surface area contributed by atoms with Crippen LogP contribution in [0.25, 0.3) is 0 Å². The molecule has 7 nitrogen and oxygen atoms in total. The first-order chi connectivity index (χ1) is 13.8. The summed E-state index contributed by atoms with van der Waals surface area (Å²) in [5, 5.41) is 11.8. The van der Waals surface area contributed by atoms with Crippen molar-refractivity contribution in [3.63, 3.8) is 0 Å². The highest BCUT2D eigenvalue weighted by molar-refractivity contribution is 6.03. The molecule has 1 unspecified atom stereocenters. The summed E-state index contributed by atoms with van der Waals surface area (Å²) in [6.45, 7) is 3.42. The van der Waals surface area contributed by atoms with Gasteiger partial charge in [-0.3, -0.25) is 4.90 Å². The van der Waals surface area contributed by atoms with Crippen LogP contribution in [0.15, 0.2) is 59.8 Å². The van der Waals surface area contributed by atoms with Gasteiger partial charge in [0.2, 0.25) is 0 Å². The molecule has 0 spiro atoms. The second-order valence-electron chi connectivity index (χ2n) is 6.34. The summed E-state index contributed by atoms with van der Waals surface area (Å²) in [6.07, 6.45) is 0. The number of carbonyl (C=O) groups excluding carboxylic acids is 2. The highest BCUT2D eigenvalue weighted by Crippen LogP contribution is 2.34. The molecule has 1 heterocycles. The summed E-state index contributed by atoms with van der Waals surface area (Å²) >= 11 is 0. The van der Waals surface area contributed by atoms with Crippen molar-refractivity contribution in [1.29, 1.82) is 0 Å². The van der Waals surface area contributed by atoms with Gasteiger partial charge < -0.3 is 15.2 Å². The quantitative estimate of drug-likeness (QED) is 0.750. The largest absolute Gasteiger partial charge is 0.478 e. The van der Waals surface area contributed by atoms with Crippen LogP contribution in [0.5, 0.6) is 0 Å². The molecule has 150 valence electrons. The molecular weight excluding hydrogens is 379 g/mol. The van der Waals surface area contributed by atoms with Crippen LogP contribution >= 0.6 is 0 Å². The van der Waals surface area contributed by atoms with E-state index in [1.54, 1.807) is 13.8 Å². The van der Waals surface area contributed by atoms with Crippen LogP contribution in [0.2, 0.25) is 0 Å².